The largest absolute Gasteiger partial charge is 0.310 e. The highest BCUT2D eigenvalue weighted by Crippen LogP contribution is 2.21. The van der Waals surface area contributed by atoms with Crippen molar-refractivity contribution in [2.75, 3.05) is 6.54 Å². The molecule has 0 heterocycles. The van der Waals surface area contributed by atoms with Crippen LogP contribution in [-0.4, -0.2) is 6.54 Å². The molecule has 20 heavy (non-hydrogen) atoms. The van der Waals surface area contributed by atoms with Crippen LogP contribution in [0.2, 0.25) is 5.02 Å². The molecule has 0 radical (unpaired) electrons. The summed E-state index contributed by atoms with van der Waals surface area (Å²) in [5, 5.41) is 4.08. The van der Waals surface area contributed by atoms with Crippen molar-refractivity contribution in [2.45, 2.75) is 19.4 Å². The quantitative estimate of drug-likeness (QED) is 0.782. The van der Waals surface area contributed by atoms with Crippen LogP contribution < -0.4 is 5.32 Å². The zero-order chi connectivity index (χ0) is 14.5. The van der Waals surface area contributed by atoms with Crippen molar-refractivity contribution in [3.8, 4) is 0 Å². The number of halogens is 3. The van der Waals surface area contributed by atoms with Crippen molar-refractivity contribution in [2.24, 2.45) is 0 Å². The molecule has 1 N–H and O–H groups in total. The monoisotopic (exact) mass is 355 g/mol. The van der Waals surface area contributed by atoms with Gasteiger partial charge in [0.25, 0.3) is 0 Å². The van der Waals surface area contributed by atoms with Gasteiger partial charge in [-0.25, -0.2) is 4.39 Å². The first-order valence-corrected chi connectivity index (χ1v) is 7.66. The molecule has 2 aromatic carbocycles. The summed E-state index contributed by atoms with van der Waals surface area (Å²) in [6, 6.07) is 12.8. The molecule has 106 valence electrons. The maximum Gasteiger partial charge on any atom is 0.128 e. The predicted octanol–water partition coefficient (Wildman–Crippen LogP) is 5.13. The summed E-state index contributed by atoms with van der Waals surface area (Å²) in [5.74, 6) is -0.181. The zero-order valence-corrected chi connectivity index (χ0v) is 13.5. The molecule has 1 atom stereocenters. The molecule has 0 fully saturated rings. The standard InChI is InChI=1S/C16H16BrClFN/c1-11(15-10-13(17)4-7-16(15)19)20-9-8-12-2-5-14(18)6-3-12/h2-7,10-11,20H,8-9H2,1H3. The molecule has 2 aromatic rings. The van der Waals surface area contributed by atoms with Crippen LogP contribution in [0.1, 0.15) is 24.1 Å². The molecule has 0 amide bonds. The summed E-state index contributed by atoms with van der Waals surface area (Å²) in [5.41, 5.74) is 1.89. The van der Waals surface area contributed by atoms with Crippen LogP contribution in [-0.2, 0) is 6.42 Å². The third kappa shape index (κ3) is 4.30. The van der Waals surface area contributed by atoms with Gasteiger partial charge in [0.15, 0.2) is 0 Å². The Labute approximate surface area is 132 Å². The fraction of sp³-hybridized carbons (Fsp3) is 0.250. The van der Waals surface area contributed by atoms with E-state index < -0.39 is 0 Å². The average molecular weight is 357 g/mol. The minimum absolute atomic E-state index is 0.0280. The van der Waals surface area contributed by atoms with Crippen molar-refractivity contribution in [1.82, 2.24) is 5.32 Å². The molecule has 0 saturated heterocycles. The summed E-state index contributed by atoms with van der Waals surface area (Å²) < 4.78 is 14.6. The molecule has 4 heteroatoms. The first kappa shape index (κ1) is 15.5. The van der Waals surface area contributed by atoms with E-state index in [-0.39, 0.29) is 11.9 Å². The molecule has 2 rings (SSSR count). The third-order valence-corrected chi connectivity index (χ3v) is 3.95. The summed E-state index contributed by atoms with van der Waals surface area (Å²) in [6.07, 6.45) is 0.886. The SMILES string of the molecule is CC(NCCc1ccc(Cl)cc1)c1cc(Br)ccc1F. The van der Waals surface area contributed by atoms with E-state index in [0.29, 0.717) is 5.56 Å². The summed E-state index contributed by atoms with van der Waals surface area (Å²) >= 11 is 9.22. The van der Waals surface area contributed by atoms with Gasteiger partial charge in [-0.2, -0.15) is 0 Å². The summed E-state index contributed by atoms with van der Waals surface area (Å²) in [6.45, 7) is 2.75. The van der Waals surface area contributed by atoms with Crippen molar-refractivity contribution in [1.29, 1.82) is 0 Å². The lowest BCUT2D eigenvalue weighted by atomic mass is 10.1. The van der Waals surface area contributed by atoms with Crippen LogP contribution >= 0.6 is 27.5 Å². The van der Waals surface area contributed by atoms with Gasteiger partial charge in [-0.3, -0.25) is 0 Å². The topological polar surface area (TPSA) is 12.0 Å². The number of nitrogens with one attached hydrogen (secondary N) is 1. The van der Waals surface area contributed by atoms with E-state index in [1.54, 1.807) is 6.07 Å². The number of rotatable bonds is 5. The molecule has 1 unspecified atom stereocenters. The fourth-order valence-corrected chi connectivity index (χ4v) is 2.55. The van der Waals surface area contributed by atoms with Gasteiger partial charge in [0.05, 0.1) is 0 Å². The first-order valence-electron chi connectivity index (χ1n) is 6.49. The third-order valence-electron chi connectivity index (χ3n) is 3.20. The molecule has 0 aliphatic carbocycles. The Bertz CT molecular complexity index is 571. The Morgan fingerprint density at radius 2 is 1.90 bits per heavy atom. The van der Waals surface area contributed by atoms with E-state index >= 15 is 0 Å². The lowest BCUT2D eigenvalue weighted by Crippen LogP contribution is -2.22. The molecule has 1 nitrogen and oxygen atoms in total. The van der Waals surface area contributed by atoms with Crippen molar-refractivity contribution in [3.05, 3.63) is 68.9 Å². The molecular formula is C16H16BrClFN. The van der Waals surface area contributed by atoms with Gasteiger partial charge in [0, 0.05) is 21.1 Å². The highest BCUT2D eigenvalue weighted by atomic mass is 79.9. The second kappa shape index (κ2) is 7.21. The van der Waals surface area contributed by atoms with Crippen LogP contribution in [0.15, 0.2) is 46.9 Å². The van der Waals surface area contributed by atoms with E-state index in [0.717, 1.165) is 22.5 Å². The van der Waals surface area contributed by atoms with E-state index in [9.17, 15) is 4.39 Å². The summed E-state index contributed by atoms with van der Waals surface area (Å²) in [7, 11) is 0. The molecule has 0 saturated carbocycles. The molecule has 0 bridgehead atoms. The zero-order valence-electron chi connectivity index (χ0n) is 11.2. The lowest BCUT2D eigenvalue weighted by Gasteiger charge is -2.15. The summed E-state index contributed by atoms with van der Waals surface area (Å²) in [4.78, 5) is 0. The smallest absolute Gasteiger partial charge is 0.128 e. The Hall–Kier alpha value is -0.900. The highest BCUT2D eigenvalue weighted by Gasteiger charge is 2.10. The highest BCUT2D eigenvalue weighted by molar-refractivity contribution is 9.10. The van der Waals surface area contributed by atoms with Gasteiger partial charge < -0.3 is 5.32 Å². The van der Waals surface area contributed by atoms with Crippen molar-refractivity contribution >= 4 is 27.5 Å². The maximum atomic E-state index is 13.7. The van der Waals surface area contributed by atoms with E-state index in [1.807, 2.05) is 37.3 Å². The van der Waals surface area contributed by atoms with Crippen LogP contribution in [0.25, 0.3) is 0 Å². The minimum atomic E-state index is -0.181. The Balaban J connectivity index is 1.90. The number of benzene rings is 2. The Morgan fingerprint density at radius 3 is 2.60 bits per heavy atom. The normalized spacial score (nSPS) is 12.4. The van der Waals surface area contributed by atoms with Crippen LogP contribution in [0.3, 0.4) is 0 Å². The van der Waals surface area contributed by atoms with Crippen molar-refractivity contribution in [3.63, 3.8) is 0 Å². The Kier molecular flexibility index (Phi) is 5.58. The van der Waals surface area contributed by atoms with E-state index in [1.165, 1.54) is 11.6 Å². The van der Waals surface area contributed by atoms with Crippen molar-refractivity contribution < 1.29 is 4.39 Å². The predicted molar refractivity (Wildman–Crippen MR) is 85.7 cm³/mol. The van der Waals surface area contributed by atoms with Crippen LogP contribution in [0.4, 0.5) is 4.39 Å². The second-order valence-corrected chi connectivity index (χ2v) is 6.07. The van der Waals surface area contributed by atoms with E-state index in [4.69, 9.17) is 11.6 Å². The number of hydrogen-bond donors (Lipinski definition) is 1. The fourth-order valence-electron chi connectivity index (χ4n) is 2.04. The molecule has 0 aliphatic rings. The molecule has 0 spiro atoms. The van der Waals surface area contributed by atoms with Gasteiger partial charge in [-0.05, 0) is 55.8 Å². The first-order chi connectivity index (χ1) is 9.56. The van der Waals surface area contributed by atoms with Gasteiger partial charge in [-0.1, -0.05) is 39.7 Å². The average Bonchev–Trinajstić information content (AvgIpc) is 2.43. The van der Waals surface area contributed by atoms with Gasteiger partial charge in [0.2, 0.25) is 0 Å². The lowest BCUT2D eigenvalue weighted by molar-refractivity contribution is 0.530. The van der Waals surface area contributed by atoms with Gasteiger partial charge >= 0.3 is 0 Å². The molecular weight excluding hydrogens is 341 g/mol. The van der Waals surface area contributed by atoms with Crippen LogP contribution in [0.5, 0.6) is 0 Å². The maximum absolute atomic E-state index is 13.7. The Morgan fingerprint density at radius 1 is 1.20 bits per heavy atom. The molecule has 0 aromatic heterocycles. The number of hydrogen-bond acceptors (Lipinski definition) is 1. The van der Waals surface area contributed by atoms with Crippen LogP contribution in [0, 0.1) is 5.82 Å². The van der Waals surface area contributed by atoms with E-state index in [2.05, 4.69) is 21.2 Å². The van der Waals surface area contributed by atoms with Gasteiger partial charge in [0.1, 0.15) is 5.82 Å². The van der Waals surface area contributed by atoms with Gasteiger partial charge in [-0.15, -0.1) is 0 Å². The second-order valence-electron chi connectivity index (χ2n) is 4.72. The minimum Gasteiger partial charge on any atom is -0.310 e. The molecule has 0 aliphatic heterocycles.